The van der Waals surface area contributed by atoms with Crippen LogP contribution >= 0.6 is 0 Å². The minimum atomic E-state index is -0.452. The van der Waals surface area contributed by atoms with Gasteiger partial charge in [0, 0.05) is 56.1 Å². The number of likely N-dealkylation sites (tertiary alicyclic amines) is 1. The molecule has 0 radical (unpaired) electrons. The fraction of sp³-hybridized carbons (Fsp3) is 0.615. The summed E-state index contributed by atoms with van der Waals surface area (Å²) in [4.78, 5) is 28.0. The van der Waals surface area contributed by atoms with Crippen molar-refractivity contribution in [2.24, 2.45) is 0 Å². The summed E-state index contributed by atoms with van der Waals surface area (Å²) >= 11 is 0. The number of nitrogens with one attached hydrogen (secondary N) is 1. The van der Waals surface area contributed by atoms with Gasteiger partial charge in [-0.05, 0) is 58.2 Å². The fourth-order valence-corrected chi connectivity index (χ4v) is 4.59. The third-order valence-electron chi connectivity index (χ3n) is 6.32. The van der Waals surface area contributed by atoms with Gasteiger partial charge < -0.3 is 19.7 Å². The lowest BCUT2D eigenvalue weighted by atomic mass is 9.75. The molecule has 2 aromatic rings. The standard InChI is InChI=1S/C26H37N5O3/c1-19-28-14-20(15-29-19)26(16-31(17-26)12-9-24(32)34-25(2,3)4)18-33-13-10-21-7-8-22-23(30-21)6-5-11-27-22/h7-8,14-15,27H,5-6,9-13,16-18H2,1-4H3. The molecular weight excluding hydrogens is 430 g/mol. The van der Waals surface area contributed by atoms with Gasteiger partial charge in [0.1, 0.15) is 11.4 Å². The number of hydrogen-bond acceptors (Lipinski definition) is 8. The highest BCUT2D eigenvalue weighted by molar-refractivity contribution is 5.70. The molecule has 2 aliphatic rings. The van der Waals surface area contributed by atoms with Gasteiger partial charge >= 0.3 is 5.97 Å². The van der Waals surface area contributed by atoms with Crippen LogP contribution in [0.2, 0.25) is 0 Å². The lowest BCUT2D eigenvalue weighted by Gasteiger charge is -2.50. The smallest absolute Gasteiger partial charge is 0.307 e. The summed E-state index contributed by atoms with van der Waals surface area (Å²) in [5, 5.41) is 3.41. The Labute approximate surface area is 202 Å². The predicted octanol–water partition coefficient (Wildman–Crippen LogP) is 3.08. The molecule has 0 spiro atoms. The quantitative estimate of drug-likeness (QED) is 0.445. The summed E-state index contributed by atoms with van der Waals surface area (Å²) < 4.78 is 11.6. The van der Waals surface area contributed by atoms with Crippen LogP contribution in [0.4, 0.5) is 5.69 Å². The van der Waals surface area contributed by atoms with Crippen molar-refractivity contribution in [1.29, 1.82) is 0 Å². The molecule has 8 nitrogen and oxygen atoms in total. The molecular formula is C26H37N5O3. The number of ether oxygens (including phenoxy) is 2. The first-order valence-corrected chi connectivity index (χ1v) is 12.3. The molecule has 0 aromatic carbocycles. The second-order valence-corrected chi connectivity index (χ2v) is 10.5. The van der Waals surface area contributed by atoms with Crippen LogP contribution < -0.4 is 5.32 Å². The number of hydrogen-bond donors (Lipinski definition) is 1. The lowest BCUT2D eigenvalue weighted by Crippen LogP contribution is -2.62. The van der Waals surface area contributed by atoms with Crippen molar-refractivity contribution in [3.05, 3.63) is 47.3 Å². The molecule has 8 heteroatoms. The monoisotopic (exact) mass is 467 g/mol. The number of nitrogens with zero attached hydrogens (tertiary/aromatic N) is 4. The van der Waals surface area contributed by atoms with Crippen LogP contribution in [0.3, 0.4) is 0 Å². The van der Waals surface area contributed by atoms with Crippen LogP contribution in [-0.4, -0.2) is 70.8 Å². The van der Waals surface area contributed by atoms with Crippen LogP contribution in [0.25, 0.3) is 0 Å². The first kappa shape index (κ1) is 24.5. The highest BCUT2D eigenvalue weighted by Crippen LogP contribution is 2.34. The van der Waals surface area contributed by atoms with Crippen LogP contribution in [-0.2, 0) is 32.5 Å². The van der Waals surface area contributed by atoms with Crippen LogP contribution in [0.1, 0.15) is 56.4 Å². The largest absolute Gasteiger partial charge is 0.460 e. The van der Waals surface area contributed by atoms with E-state index in [-0.39, 0.29) is 11.4 Å². The number of aryl methyl sites for hydroxylation is 2. The molecule has 2 aliphatic heterocycles. The fourth-order valence-electron chi connectivity index (χ4n) is 4.59. The zero-order valence-corrected chi connectivity index (χ0v) is 20.9. The summed E-state index contributed by atoms with van der Waals surface area (Å²) in [7, 11) is 0. The summed E-state index contributed by atoms with van der Waals surface area (Å²) in [5.41, 5.74) is 3.88. The topological polar surface area (TPSA) is 89.5 Å². The van der Waals surface area contributed by atoms with E-state index in [0.29, 0.717) is 26.2 Å². The van der Waals surface area contributed by atoms with Gasteiger partial charge in [-0.25, -0.2) is 9.97 Å². The Morgan fingerprint density at radius 3 is 2.71 bits per heavy atom. The van der Waals surface area contributed by atoms with Crippen molar-refractivity contribution >= 4 is 11.7 Å². The molecule has 2 aromatic heterocycles. The maximum Gasteiger partial charge on any atom is 0.307 e. The highest BCUT2D eigenvalue weighted by atomic mass is 16.6. The average Bonchev–Trinajstić information content (AvgIpc) is 2.77. The van der Waals surface area contributed by atoms with E-state index >= 15 is 0 Å². The number of aromatic nitrogens is 3. The minimum absolute atomic E-state index is 0.158. The summed E-state index contributed by atoms with van der Waals surface area (Å²) in [6.45, 7) is 12.1. The Bertz CT molecular complexity index is 981. The Balaban J connectivity index is 1.30. The van der Waals surface area contributed by atoms with E-state index < -0.39 is 5.60 Å². The minimum Gasteiger partial charge on any atom is -0.460 e. The lowest BCUT2D eigenvalue weighted by molar-refractivity contribution is -0.155. The van der Waals surface area contributed by atoms with E-state index in [1.807, 2.05) is 40.1 Å². The van der Waals surface area contributed by atoms with Crippen molar-refractivity contribution < 1.29 is 14.3 Å². The highest BCUT2D eigenvalue weighted by Gasteiger charge is 2.45. The van der Waals surface area contributed by atoms with Crippen LogP contribution in [0.5, 0.6) is 0 Å². The number of esters is 1. The molecule has 0 aliphatic carbocycles. The zero-order valence-electron chi connectivity index (χ0n) is 20.9. The van der Waals surface area contributed by atoms with E-state index in [9.17, 15) is 4.79 Å². The number of carbonyl (C=O) groups excluding carboxylic acids is 1. The Morgan fingerprint density at radius 2 is 1.97 bits per heavy atom. The van der Waals surface area contributed by atoms with Gasteiger partial charge in [-0.2, -0.15) is 0 Å². The Kier molecular flexibility index (Phi) is 7.48. The maximum atomic E-state index is 12.1. The van der Waals surface area contributed by atoms with Gasteiger partial charge in [0.25, 0.3) is 0 Å². The van der Waals surface area contributed by atoms with E-state index in [2.05, 4.69) is 32.3 Å². The number of carbonyl (C=O) groups is 1. The molecule has 0 bridgehead atoms. The van der Waals surface area contributed by atoms with Crippen LogP contribution in [0.15, 0.2) is 24.5 Å². The SMILES string of the molecule is Cc1ncc(C2(COCCc3ccc4c(n3)CCCN4)CN(CCC(=O)OC(C)(C)C)C2)cn1. The van der Waals surface area contributed by atoms with Crippen molar-refractivity contribution in [1.82, 2.24) is 19.9 Å². The molecule has 0 saturated carbocycles. The third-order valence-corrected chi connectivity index (χ3v) is 6.32. The Morgan fingerprint density at radius 1 is 1.21 bits per heavy atom. The number of anilines is 1. The van der Waals surface area contributed by atoms with E-state index in [1.165, 1.54) is 0 Å². The average molecular weight is 468 g/mol. The zero-order chi connectivity index (χ0) is 24.2. The van der Waals surface area contributed by atoms with Gasteiger partial charge in [0.15, 0.2) is 0 Å². The van der Waals surface area contributed by atoms with E-state index in [0.717, 1.165) is 67.4 Å². The second kappa shape index (κ2) is 10.4. The van der Waals surface area contributed by atoms with Gasteiger partial charge in [-0.3, -0.25) is 9.78 Å². The van der Waals surface area contributed by atoms with Crippen molar-refractivity contribution in [3.63, 3.8) is 0 Å². The van der Waals surface area contributed by atoms with E-state index in [4.69, 9.17) is 14.5 Å². The summed E-state index contributed by atoms with van der Waals surface area (Å²) in [6.07, 6.45) is 7.16. The number of pyridine rings is 1. The molecule has 1 fully saturated rings. The van der Waals surface area contributed by atoms with E-state index in [1.54, 1.807) is 0 Å². The van der Waals surface area contributed by atoms with Gasteiger partial charge in [-0.1, -0.05) is 0 Å². The molecule has 1 saturated heterocycles. The predicted molar refractivity (Wildman–Crippen MR) is 131 cm³/mol. The van der Waals surface area contributed by atoms with Crippen molar-refractivity contribution in [3.8, 4) is 0 Å². The molecule has 0 atom stereocenters. The van der Waals surface area contributed by atoms with Crippen LogP contribution in [0, 0.1) is 6.92 Å². The molecule has 4 heterocycles. The summed E-state index contributed by atoms with van der Waals surface area (Å²) in [6, 6.07) is 4.22. The number of fused-ring (bicyclic) bond motifs is 1. The molecule has 0 unspecified atom stereocenters. The first-order chi connectivity index (χ1) is 16.2. The third kappa shape index (κ3) is 6.30. The second-order valence-electron chi connectivity index (χ2n) is 10.5. The van der Waals surface area contributed by atoms with Crippen molar-refractivity contribution in [2.75, 3.05) is 44.7 Å². The van der Waals surface area contributed by atoms with Gasteiger partial charge in [0.05, 0.1) is 31.0 Å². The first-order valence-electron chi connectivity index (χ1n) is 12.3. The van der Waals surface area contributed by atoms with Gasteiger partial charge in [0.2, 0.25) is 0 Å². The molecule has 4 rings (SSSR count). The van der Waals surface area contributed by atoms with Crippen molar-refractivity contribution in [2.45, 2.75) is 64.4 Å². The van der Waals surface area contributed by atoms with Gasteiger partial charge in [-0.15, -0.1) is 0 Å². The Hall–Kier alpha value is -2.58. The maximum absolute atomic E-state index is 12.1. The molecule has 0 amide bonds. The number of rotatable bonds is 9. The normalized spacial score (nSPS) is 17.4. The molecule has 184 valence electrons. The summed E-state index contributed by atoms with van der Waals surface area (Å²) in [5.74, 6) is 0.599. The molecule has 1 N–H and O–H groups in total. The molecule has 34 heavy (non-hydrogen) atoms.